The molecule has 0 aliphatic heterocycles. The topological polar surface area (TPSA) is 56.2 Å². The molecule has 0 atom stereocenters. The summed E-state index contributed by atoms with van der Waals surface area (Å²) in [5.74, 6) is 0.360. The molecule has 2 rings (SSSR count). The van der Waals surface area contributed by atoms with Gasteiger partial charge in [-0.15, -0.1) is 0 Å². The second-order valence-electron chi connectivity index (χ2n) is 4.04. The molecule has 78 valence electrons. The summed E-state index contributed by atoms with van der Waals surface area (Å²) < 4.78 is 0. The van der Waals surface area contributed by atoms with E-state index in [4.69, 9.17) is 0 Å². The highest BCUT2D eigenvalue weighted by molar-refractivity contribution is 6.62. The molecule has 1 aromatic carbocycles. The zero-order valence-electron chi connectivity index (χ0n) is 8.86. The summed E-state index contributed by atoms with van der Waals surface area (Å²) in [7, 11) is -1.41. The van der Waals surface area contributed by atoms with E-state index in [1.807, 2.05) is 18.3 Å². The van der Waals surface area contributed by atoms with E-state index in [9.17, 15) is 10.0 Å². The van der Waals surface area contributed by atoms with Gasteiger partial charge in [-0.05, 0) is 23.0 Å². The standard InChI is InChI=1S/C11H14BNO2/c1-7(2)8-6-13-10-5-3-4-9(11(8)10)12(14)15/h3-7,13-15H,1-2H3. The van der Waals surface area contributed by atoms with Crippen LogP contribution in [0.5, 0.6) is 0 Å². The van der Waals surface area contributed by atoms with Crippen LogP contribution in [-0.4, -0.2) is 22.2 Å². The molecule has 0 bridgehead atoms. The van der Waals surface area contributed by atoms with Gasteiger partial charge >= 0.3 is 7.12 Å². The number of rotatable bonds is 2. The molecule has 3 N–H and O–H groups in total. The van der Waals surface area contributed by atoms with Crippen LogP contribution in [0.4, 0.5) is 0 Å². The normalized spacial score (nSPS) is 11.3. The molecule has 1 heterocycles. The Morgan fingerprint density at radius 1 is 1.27 bits per heavy atom. The Balaban J connectivity index is 2.75. The molecule has 3 nitrogen and oxygen atoms in total. The monoisotopic (exact) mass is 203 g/mol. The molecule has 4 heteroatoms. The summed E-state index contributed by atoms with van der Waals surface area (Å²) in [5.41, 5.74) is 2.63. The predicted molar refractivity (Wildman–Crippen MR) is 62.2 cm³/mol. The molecule has 0 amide bonds. The van der Waals surface area contributed by atoms with E-state index in [0.717, 1.165) is 16.5 Å². The second-order valence-corrected chi connectivity index (χ2v) is 4.04. The van der Waals surface area contributed by atoms with E-state index in [-0.39, 0.29) is 0 Å². The van der Waals surface area contributed by atoms with Crippen molar-refractivity contribution in [3.05, 3.63) is 30.0 Å². The summed E-state index contributed by atoms with van der Waals surface area (Å²) in [6, 6.07) is 5.50. The van der Waals surface area contributed by atoms with E-state index in [1.54, 1.807) is 6.07 Å². The Morgan fingerprint density at radius 2 is 2.00 bits per heavy atom. The third-order valence-corrected chi connectivity index (χ3v) is 2.67. The van der Waals surface area contributed by atoms with Gasteiger partial charge in [0.05, 0.1) is 0 Å². The average molecular weight is 203 g/mol. The van der Waals surface area contributed by atoms with Crippen molar-refractivity contribution in [1.82, 2.24) is 4.98 Å². The maximum absolute atomic E-state index is 9.29. The molecule has 2 aromatic rings. The van der Waals surface area contributed by atoms with Crippen molar-refractivity contribution < 1.29 is 10.0 Å². The SMILES string of the molecule is CC(C)c1c[nH]c2cccc(B(O)O)c12. The van der Waals surface area contributed by atoms with E-state index in [2.05, 4.69) is 18.8 Å². The fraction of sp³-hybridized carbons (Fsp3) is 0.273. The minimum Gasteiger partial charge on any atom is -0.423 e. The number of hydrogen-bond acceptors (Lipinski definition) is 2. The summed E-state index contributed by atoms with van der Waals surface area (Å²) >= 11 is 0. The van der Waals surface area contributed by atoms with E-state index in [0.29, 0.717) is 11.4 Å². The molecule has 1 aromatic heterocycles. The smallest absolute Gasteiger partial charge is 0.423 e. The number of hydrogen-bond donors (Lipinski definition) is 3. The van der Waals surface area contributed by atoms with Crippen molar-refractivity contribution in [2.24, 2.45) is 0 Å². The molecule has 0 saturated carbocycles. The highest BCUT2D eigenvalue weighted by atomic mass is 16.4. The van der Waals surface area contributed by atoms with Crippen LogP contribution in [0.2, 0.25) is 0 Å². The van der Waals surface area contributed by atoms with Crippen LogP contribution >= 0.6 is 0 Å². The number of aromatic amines is 1. The Bertz CT molecular complexity index is 476. The molecule has 0 radical (unpaired) electrons. The van der Waals surface area contributed by atoms with Crippen molar-refractivity contribution in [3.63, 3.8) is 0 Å². The van der Waals surface area contributed by atoms with Crippen molar-refractivity contribution >= 4 is 23.5 Å². The lowest BCUT2D eigenvalue weighted by Crippen LogP contribution is -2.30. The van der Waals surface area contributed by atoms with Crippen molar-refractivity contribution in [1.29, 1.82) is 0 Å². The lowest BCUT2D eigenvalue weighted by Gasteiger charge is -2.07. The Kier molecular flexibility index (Phi) is 2.55. The number of nitrogens with one attached hydrogen (secondary N) is 1. The molecular formula is C11H14BNO2. The van der Waals surface area contributed by atoms with E-state index in [1.165, 1.54) is 0 Å². The Labute approximate surface area is 88.9 Å². The van der Waals surface area contributed by atoms with Crippen LogP contribution in [0.3, 0.4) is 0 Å². The molecule has 0 aliphatic rings. The minimum absolute atomic E-state index is 0.360. The predicted octanol–water partition coefficient (Wildman–Crippen LogP) is 0.971. The van der Waals surface area contributed by atoms with Crippen molar-refractivity contribution in [2.45, 2.75) is 19.8 Å². The highest BCUT2D eigenvalue weighted by Gasteiger charge is 2.18. The fourth-order valence-electron chi connectivity index (χ4n) is 1.91. The maximum atomic E-state index is 9.29. The fourth-order valence-corrected chi connectivity index (χ4v) is 1.91. The summed E-state index contributed by atoms with van der Waals surface area (Å²) in [6.45, 7) is 4.17. The van der Waals surface area contributed by atoms with Gasteiger partial charge in [-0.2, -0.15) is 0 Å². The maximum Gasteiger partial charge on any atom is 0.489 e. The molecular weight excluding hydrogens is 189 g/mol. The van der Waals surface area contributed by atoms with Gasteiger partial charge in [-0.25, -0.2) is 0 Å². The molecule has 15 heavy (non-hydrogen) atoms. The van der Waals surface area contributed by atoms with Gasteiger partial charge in [-0.1, -0.05) is 26.0 Å². The van der Waals surface area contributed by atoms with Crippen LogP contribution in [-0.2, 0) is 0 Å². The lowest BCUT2D eigenvalue weighted by molar-refractivity contribution is 0.426. The first kappa shape index (κ1) is 10.3. The third kappa shape index (κ3) is 1.66. The van der Waals surface area contributed by atoms with Crippen LogP contribution in [0.25, 0.3) is 10.9 Å². The number of fused-ring (bicyclic) bond motifs is 1. The zero-order valence-corrected chi connectivity index (χ0v) is 8.86. The first-order chi connectivity index (χ1) is 7.11. The number of benzene rings is 1. The summed E-state index contributed by atoms with van der Waals surface area (Å²) in [6.07, 6.45) is 1.93. The van der Waals surface area contributed by atoms with Crippen LogP contribution < -0.4 is 5.46 Å². The number of aromatic nitrogens is 1. The van der Waals surface area contributed by atoms with Crippen LogP contribution in [0, 0.1) is 0 Å². The van der Waals surface area contributed by atoms with Crippen LogP contribution in [0.1, 0.15) is 25.3 Å². The van der Waals surface area contributed by atoms with Crippen molar-refractivity contribution in [3.8, 4) is 0 Å². The first-order valence-electron chi connectivity index (χ1n) is 5.07. The first-order valence-corrected chi connectivity index (χ1v) is 5.07. The Hall–Kier alpha value is -1.26. The Morgan fingerprint density at radius 3 is 2.60 bits per heavy atom. The van der Waals surface area contributed by atoms with Gasteiger partial charge in [0, 0.05) is 17.1 Å². The van der Waals surface area contributed by atoms with E-state index < -0.39 is 7.12 Å². The van der Waals surface area contributed by atoms with Gasteiger partial charge in [0.25, 0.3) is 0 Å². The highest BCUT2D eigenvalue weighted by Crippen LogP contribution is 2.23. The molecule has 0 aliphatic carbocycles. The molecule has 0 saturated heterocycles. The molecule has 0 spiro atoms. The second kappa shape index (κ2) is 3.72. The van der Waals surface area contributed by atoms with Crippen LogP contribution in [0.15, 0.2) is 24.4 Å². The summed E-state index contributed by atoms with van der Waals surface area (Å²) in [5, 5.41) is 19.5. The van der Waals surface area contributed by atoms with E-state index >= 15 is 0 Å². The van der Waals surface area contributed by atoms with Crippen molar-refractivity contribution in [2.75, 3.05) is 0 Å². The van der Waals surface area contributed by atoms with Gasteiger partial charge in [-0.3, -0.25) is 0 Å². The average Bonchev–Trinajstić information content (AvgIpc) is 2.60. The van der Waals surface area contributed by atoms with Gasteiger partial charge in [0.15, 0.2) is 0 Å². The van der Waals surface area contributed by atoms with Gasteiger partial charge in [0.2, 0.25) is 0 Å². The largest absolute Gasteiger partial charge is 0.489 e. The minimum atomic E-state index is -1.41. The summed E-state index contributed by atoms with van der Waals surface area (Å²) in [4.78, 5) is 3.14. The quantitative estimate of drug-likeness (QED) is 0.637. The van der Waals surface area contributed by atoms with Gasteiger partial charge < -0.3 is 15.0 Å². The molecule has 0 unspecified atom stereocenters. The third-order valence-electron chi connectivity index (χ3n) is 2.67. The van der Waals surface area contributed by atoms with Gasteiger partial charge in [0.1, 0.15) is 0 Å². The lowest BCUT2D eigenvalue weighted by atomic mass is 9.76. The zero-order chi connectivity index (χ0) is 11.0. The number of H-pyrrole nitrogens is 1. The molecule has 0 fully saturated rings.